The van der Waals surface area contributed by atoms with E-state index in [1.165, 1.54) is 35.2 Å². The van der Waals surface area contributed by atoms with Crippen LogP contribution in [0.15, 0.2) is 24.4 Å². The van der Waals surface area contributed by atoms with Crippen LogP contribution >= 0.6 is 0 Å². The van der Waals surface area contributed by atoms with Gasteiger partial charge in [0.15, 0.2) is 0 Å². The average Bonchev–Trinajstić information content (AvgIpc) is 2.98. The van der Waals surface area contributed by atoms with Crippen LogP contribution in [0.3, 0.4) is 0 Å². The van der Waals surface area contributed by atoms with Crippen LogP contribution < -0.4 is 0 Å². The molecule has 1 aromatic carbocycles. The van der Waals surface area contributed by atoms with Gasteiger partial charge in [0.05, 0.1) is 0 Å². The van der Waals surface area contributed by atoms with Crippen molar-refractivity contribution in [2.75, 3.05) is 0 Å². The van der Waals surface area contributed by atoms with Crippen molar-refractivity contribution in [1.29, 1.82) is 0 Å². The highest BCUT2D eigenvalue weighted by Gasteiger charge is 2.25. The molecule has 0 amide bonds. The predicted molar refractivity (Wildman–Crippen MR) is 65.5 cm³/mol. The fourth-order valence-corrected chi connectivity index (χ4v) is 2.15. The molecule has 3 rings (SSSR count). The van der Waals surface area contributed by atoms with Gasteiger partial charge in [0.2, 0.25) is 0 Å². The molecule has 1 N–H and O–H groups in total. The van der Waals surface area contributed by atoms with Crippen molar-refractivity contribution in [3.05, 3.63) is 41.2 Å². The van der Waals surface area contributed by atoms with E-state index in [-0.39, 0.29) is 0 Å². The summed E-state index contributed by atoms with van der Waals surface area (Å²) >= 11 is 0. The zero-order chi connectivity index (χ0) is 11.1. The second kappa shape index (κ2) is 3.48. The molecular weight excluding hydrogens is 196 g/mol. The van der Waals surface area contributed by atoms with Crippen LogP contribution in [0, 0.1) is 13.8 Å². The number of nitrogens with zero attached hydrogens (tertiary/aromatic N) is 1. The molecule has 0 unspecified atom stereocenters. The van der Waals surface area contributed by atoms with E-state index in [0.717, 1.165) is 11.7 Å². The molecule has 2 aromatic rings. The van der Waals surface area contributed by atoms with Gasteiger partial charge in [0.25, 0.3) is 0 Å². The highest BCUT2D eigenvalue weighted by Crippen LogP contribution is 2.39. The van der Waals surface area contributed by atoms with Gasteiger partial charge in [-0.3, -0.25) is 0 Å². The van der Waals surface area contributed by atoms with Crippen LogP contribution in [0.1, 0.15) is 35.6 Å². The van der Waals surface area contributed by atoms with Crippen molar-refractivity contribution < 1.29 is 0 Å². The minimum Gasteiger partial charge on any atom is -0.342 e. The highest BCUT2D eigenvalue weighted by atomic mass is 14.9. The van der Waals surface area contributed by atoms with Crippen LogP contribution in [0.4, 0.5) is 0 Å². The molecule has 0 spiro atoms. The van der Waals surface area contributed by atoms with Gasteiger partial charge in [-0.2, -0.15) is 0 Å². The zero-order valence-electron chi connectivity index (χ0n) is 9.75. The minimum atomic E-state index is 0.743. The second-order valence-electron chi connectivity index (χ2n) is 4.78. The Kier molecular flexibility index (Phi) is 2.10. The van der Waals surface area contributed by atoms with E-state index in [0.29, 0.717) is 0 Å². The first-order valence-electron chi connectivity index (χ1n) is 5.86. The Morgan fingerprint density at radius 1 is 1.25 bits per heavy atom. The van der Waals surface area contributed by atoms with Crippen molar-refractivity contribution in [2.45, 2.75) is 32.6 Å². The van der Waals surface area contributed by atoms with E-state index in [9.17, 15) is 0 Å². The SMILES string of the molecule is Cc1ccc(-c2ncc(C3CC3)[nH]2)c(C)c1. The number of aromatic amines is 1. The van der Waals surface area contributed by atoms with Crippen molar-refractivity contribution in [3.8, 4) is 11.4 Å². The van der Waals surface area contributed by atoms with Gasteiger partial charge in [0.1, 0.15) is 5.82 Å². The molecule has 1 aliphatic rings. The fraction of sp³-hybridized carbons (Fsp3) is 0.357. The van der Waals surface area contributed by atoms with Crippen molar-refractivity contribution in [1.82, 2.24) is 9.97 Å². The lowest BCUT2D eigenvalue weighted by Crippen LogP contribution is -1.87. The maximum atomic E-state index is 4.48. The van der Waals surface area contributed by atoms with Crippen LogP contribution in [0.5, 0.6) is 0 Å². The van der Waals surface area contributed by atoms with E-state index < -0.39 is 0 Å². The summed E-state index contributed by atoms with van der Waals surface area (Å²) in [5.74, 6) is 1.76. The highest BCUT2D eigenvalue weighted by molar-refractivity contribution is 5.60. The summed E-state index contributed by atoms with van der Waals surface area (Å²) in [7, 11) is 0. The molecule has 1 saturated carbocycles. The quantitative estimate of drug-likeness (QED) is 0.810. The van der Waals surface area contributed by atoms with Crippen LogP contribution in [0.25, 0.3) is 11.4 Å². The number of nitrogens with one attached hydrogen (secondary N) is 1. The Labute approximate surface area is 95.7 Å². The third kappa shape index (κ3) is 1.64. The second-order valence-corrected chi connectivity index (χ2v) is 4.78. The number of H-pyrrole nitrogens is 1. The molecule has 0 bridgehead atoms. The van der Waals surface area contributed by atoms with Gasteiger partial charge in [0, 0.05) is 23.4 Å². The van der Waals surface area contributed by atoms with Gasteiger partial charge < -0.3 is 4.98 Å². The summed E-state index contributed by atoms with van der Waals surface area (Å²) in [4.78, 5) is 7.92. The summed E-state index contributed by atoms with van der Waals surface area (Å²) in [6.07, 6.45) is 4.62. The van der Waals surface area contributed by atoms with Crippen molar-refractivity contribution >= 4 is 0 Å². The number of rotatable bonds is 2. The minimum absolute atomic E-state index is 0.743. The molecule has 2 heteroatoms. The molecule has 0 saturated heterocycles. The Morgan fingerprint density at radius 3 is 2.75 bits per heavy atom. The number of aromatic nitrogens is 2. The first kappa shape index (κ1) is 9.64. The Morgan fingerprint density at radius 2 is 2.06 bits per heavy atom. The number of aryl methyl sites for hydroxylation is 2. The van der Waals surface area contributed by atoms with Crippen LogP contribution in [0.2, 0.25) is 0 Å². The summed E-state index contributed by atoms with van der Waals surface area (Å²) in [5.41, 5.74) is 5.11. The lowest BCUT2D eigenvalue weighted by molar-refractivity contribution is 1.05. The molecule has 2 nitrogen and oxygen atoms in total. The first-order valence-corrected chi connectivity index (χ1v) is 5.86. The Balaban J connectivity index is 2.00. The first-order chi connectivity index (χ1) is 7.74. The van der Waals surface area contributed by atoms with Gasteiger partial charge in [-0.05, 0) is 32.3 Å². The maximum absolute atomic E-state index is 4.48. The molecule has 0 radical (unpaired) electrons. The standard InChI is InChI=1S/C14H16N2/c1-9-3-6-12(10(2)7-9)14-15-8-13(16-14)11-4-5-11/h3,6-8,11H,4-5H2,1-2H3,(H,15,16). The smallest absolute Gasteiger partial charge is 0.137 e. The topological polar surface area (TPSA) is 28.7 Å². The third-order valence-electron chi connectivity index (χ3n) is 3.25. The lowest BCUT2D eigenvalue weighted by atomic mass is 10.1. The van der Waals surface area contributed by atoms with Crippen LogP contribution in [-0.4, -0.2) is 9.97 Å². The van der Waals surface area contributed by atoms with Gasteiger partial charge in [-0.1, -0.05) is 23.8 Å². The summed E-state index contributed by atoms with van der Waals surface area (Å²) < 4.78 is 0. The molecule has 82 valence electrons. The Hall–Kier alpha value is -1.57. The molecule has 1 aromatic heterocycles. The molecule has 16 heavy (non-hydrogen) atoms. The van der Waals surface area contributed by atoms with E-state index in [2.05, 4.69) is 42.0 Å². The third-order valence-corrected chi connectivity index (χ3v) is 3.25. The zero-order valence-corrected chi connectivity index (χ0v) is 9.75. The van der Waals surface area contributed by atoms with Gasteiger partial charge >= 0.3 is 0 Å². The molecular formula is C14H16N2. The van der Waals surface area contributed by atoms with Crippen molar-refractivity contribution in [2.24, 2.45) is 0 Å². The molecule has 0 atom stereocenters. The lowest BCUT2D eigenvalue weighted by Gasteiger charge is -2.03. The largest absolute Gasteiger partial charge is 0.342 e. The van der Waals surface area contributed by atoms with Crippen LogP contribution in [-0.2, 0) is 0 Å². The predicted octanol–water partition coefficient (Wildman–Crippen LogP) is 3.57. The fourth-order valence-electron chi connectivity index (χ4n) is 2.15. The maximum Gasteiger partial charge on any atom is 0.137 e. The number of hydrogen-bond acceptors (Lipinski definition) is 1. The van der Waals surface area contributed by atoms with Gasteiger partial charge in [-0.25, -0.2) is 4.98 Å². The Bertz CT molecular complexity index is 521. The van der Waals surface area contributed by atoms with E-state index in [1.54, 1.807) is 0 Å². The molecule has 1 aliphatic carbocycles. The number of imidazole rings is 1. The normalized spacial score (nSPS) is 15.4. The van der Waals surface area contributed by atoms with Crippen molar-refractivity contribution in [3.63, 3.8) is 0 Å². The summed E-state index contributed by atoms with van der Waals surface area (Å²) in [6, 6.07) is 6.50. The summed E-state index contributed by atoms with van der Waals surface area (Å²) in [6.45, 7) is 4.26. The summed E-state index contributed by atoms with van der Waals surface area (Å²) in [5, 5.41) is 0. The molecule has 1 fully saturated rings. The van der Waals surface area contributed by atoms with Gasteiger partial charge in [-0.15, -0.1) is 0 Å². The van der Waals surface area contributed by atoms with E-state index in [1.807, 2.05) is 6.20 Å². The number of hydrogen-bond donors (Lipinski definition) is 1. The average molecular weight is 212 g/mol. The number of benzene rings is 1. The van der Waals surface area contributed by atoms with E-state index in [4.69, 9.17) is 0 Å². The molecule has 0 aliphatic heterocycles. The van der Waals surface area contributed by atoms with E-state index >= 15 is 0 Å². The molecule has 1 heterocycles. The monoisotopic (exact) mass is 212 g/mol.